The highest BCUT2D eigenvalue weighted by atomic mass is 35.5. The van der Waals surface area contributed by atoms with Crippen molar-refractivity contribution in [2.75, 3.05) is 30.8 Å². The van der Waals surface area contributed by atoms with Crippen molar-refractivity contribution in [1.82, 2.24) is 20.3 Å². The van der Waals surface area contributed by atoms with Gasteiger partial charge in [-0.15, -0.1) is 11.3 Å². The van der Waals surface area contributed by atoms with Crippen molar-refractivity contribution in [3.63, 3.8) is 0 Å². The Morgan fingerprint density at radius 2 is 1.95 bits per heavy atom. The Kier molecular flexibility index (Phi) is 8.02. The van der Waals surface area contributed by atoms with E-state index >= 15 is 0 Å². The van der Waals surface area contributed by atoms with E-state index in [0.717, 1.165) is 72.8 Å². The highest BCUT2D eigenvalue weighted by molar-refractivity contribution is 7.17. The van der Waals surface area contributed by atoms with Crippen molar-refractivity contribution in [2.24, 2.45) is 5.92 Å². The van der Waals surface area contributed by atoms with E-state index in [4.69, 9.17) is 21.3 Å². The molecule has 0 aliphatic heterocycles. The van der Waals surface area contributed by atoms with Crippen LogP contribution in [0.5, 0.6) is 5.88 Å². The molecule has 6 rings (SSSR count). The maximum atomic E-state index is 13.1. The Morgan fingerprint density at radius 1 is 1.10 bits per heavy atom. The first-order chi connectivity index (χ1) is 20.0. The molecule has 4 aromatic rings. The third-order valence-corrected chi connectivity index (χ3v) is 8.69. The molecule has 2 aliphatic carbocycles. The van der Waals surface area contributed by atoms with Gasteiger partial charge in [0.1, 0.15) is 10.8 Å². The number of hydrogen-bond donors (Lipinski definition) is 3. The second kappa shape index (κ2) is 12.0. The van der Waals surface area contributed by atoms with Gasteiger partial charge in [0.25, 0.3) is 5.91 Å². The molecule has 1 fully saturated rings. The number of nitrogens with zero attached hydrogens (tertiary/aromatic N) is 3. The van der Waals surface area contributed by atoms with Crippen LogP contribution in [0.1, 0.15) is 53.0 Å². The summed E-state index contributed by atoms with van der Waals surface area (Å²) in [4.78, 5) is 39.2. The SMILES string of the molecule is COc1nc(-c2ccnc(NC(=O)C3CC3)c2)sc1C(=O)NCCCNc1c2c(nc3cc(Cl)ccc13)CCCC2. The van der Waals surface area contributed by atoms with E-state index in [1.54, 1.807) is 18.3 Å². The largest absolute Gasteiger partial charge is 0.480 e. The van der Waals surface area contributed by atoms with E-state index in [0.29, 0.717) is 33.8 Å². The van der Waals surface area contributed by atoms with Crippen LogP contribution in [0.15, 0.2) is 36.5 Å². The van der Waals surface area contributed by atoms with Crippen LogP contribution >= 0.6 is 22.9 Å². The number of nitrogens with one attached hydrogen (secondary N) is 3. The zero-order valence-corrected chi connectivity index (χ0v) is 24.3. The number of rotatable bonds is 10. The first-order valence-corrected chi connectivity index (χ1v) is 15.1. The van der Waals surface area contributed by atoms with Crippen molar-refractivity contribution >= 4 is 57.2 Å². The minimum absolute atomic E-state index is 0.0117. The van der Waals surface area contributed by atoms with E-state index in [9.17, 15) is 9.59 Å². The summed E-state index contributed by atoms with van der Waals surface area (Å²) in [6, 6.07) is 9.42. The molecule has 0 unspecified atom stereocenters. The van der Waals surface area contributed by atoms with Crippen LogP contribution < -0.4 is 20.7 Å². The molecular formula is C30H31ClN6O3S. The molecule has 1 aromatic carbocycles. The molecule has 41 heavy (non-hydrogen) atoms. The summed E-state index contributed by atoms with van der Waals surface area (Å²) in [7, 11) is 1.50. The molecule has 0 bridgehead atoms. The van der Waals surface area contributed by atoms with Gasteiger partial charge in [0.05, 0.1) is 12.6 Å². The van der Waals surface area contributed by atoms with Crippen LogP contribution in [-0.4, -0.2) is 47.0 Å². The number of aryl methyl sites for hydroxylation is 1. The van der Waals surface area contributed by atoms with Crippen LogP contribution in [0.3, 0.4) is 0 Å². The number of halogens is 1. The van der Waals surface area contributed by atoms with Crippen molar-refractivity contribution in [3.05, 3.63) is 57.7 Å². The number of hydrogen-bond acceptors (Lipinski definition) is 8. The van der Waals surface area contributed by atoms with Crippen molar-refractivity contribution < 1.29 is 14.3 Å². The summed E-state index contributed by atoms with van der Waals surface area (Å²) in [6.45, 7) is 1.19. The van der Waals surface area contributed by atoms with Gasteiger partial charge in [-0.05, 0) is 80.8 Å². The normalized spacial score (nSPS) is 14.4. The molecular weight excluding hydrogens is 560 g/mol. The molecule has 2 aliphatic rings. The van der Waals surface area contributed by atoms with Gasteiger partial charge in [-0.1, -0.05) is 11.6 Å². The number of benzene rings is 1. The third kappa shape index (κ3) is 6.13. The summed E-state index contributed by atoms with van der Waals surface area (Å²) in [5.41, 5.74) is 5.25. The molecule has 0 spiro atoms. The Hall–Kier alpha value is -3.76. The predicted octanol–water partition coefficient (Wildman–Crippen LogP) is 5.87. The molecule has 0 saturated heterocycles. The number of fused-ring (bicyclic) bond motifs is 2. The fraction of sp³-hybridized carbons (Fsp3) is 0.367. The number of ether oxygens (including phenoxy) is 1. The van der Waals surface area contributed by atoms with Gasteiger partial charge in [0.15, 0.2) is 4.88 Å². The molecule has 1 saturated carbocycles. The van der Waals surface area contributed by atoms with Crippen LogP contribution in [0.4, 0.5) is 11.5 Å². The van der Waals surface area contributed by atoms with Gasteiger partial charge < -0.3 is 20.7 Å². The maximum absolute atomic E-state index is 13.1. The van der Waals surface area contributed by atoms with Gasteiger partial charge in [0, 0.05) is 52.6 Å². The number of thiazole rings is 1. The standard InChI is InChI=1S/C30H31ClN6O3S/c1-40-29-26(41-30(37-29)18-11-14-32-24(15-18)36-27(38)17-7-8-17)28(39)34-13-4-12-33-25-20-5-2-3-6-22(20)35-23-16-19(31)9-10-21(23)25/h9-11,14-17H,2-8,12-13H2,1H3,(H,33,35)(H,34,39)(H,32,36,38). The molecule has 3 heterocycles. The second-order valence-corrected chi connectivity index (χ2v) is 11.8. The lowest BCUT2D eigenvalue weighted by Gasteiger charge is -2.22. The average Bonchev–Trinajstić information content (AvgIpc) is 3.75. The van der Waals surface area contributed by atoms with E-state index in [-0.39, 0.29) is 23.6 Å². The number of carbonyl (C=O) groups excluding carboxylic acids is 2. The average molecular weight is 591 g/mol. The molecule has 9 nitrogen and oxygen atoms in total. The number of amides is 2. The van der Waals surface area contributed by atoms with Crippen molar-refractivity contribution in [2.45, 2.75) is 44.9 Å². The molecule has 212 valence electrons. The fourth-order valence-electron chi connectivity index (χ4n) is 5.10. The van der Waals surface area contributed by atoms with Crippen LogP contribution in [-0.2, 0) is 17.6 Å². The van der Waals surface area contributed by atoms with E-state index in [1.165, 1.54) is 24.0 Å². The monoisotopic (exact) mass is 590 g/mol. The smallest absolute Gasteiger partial charge is 0.267 e. The Morgan fingerprint density at radius 3 is 2.78 bits per heavy atom. The third-order valence-electron chi connectivity index (χ3n) is 7.37. The van der Waals surface area contributed by atoms with Crippen LogP contribution in [0.25, 0.3) is 21.5 Å². The molecule has 0 atom stereocenters. The molecule has 0 radical (unpaired) electrons. The van der Waals surface area contributed by atoms with Gasteiger partial charge in [-0.3, -0.25) is 14.6 Å². The van der Waals surface area contributed by atoms with Crippen LogP contribution in [0.2, 0.25) is 5.02 Å². The lowest BCUT2D eigenvalue weighted by Crippen LogP contribution is -2.25. The summed E-state index contributed by atoms with van der Waals surface area (Å²) >= 11 is 7.49. The molecule has 2 amide bonds. The lowest BCUT2D eigenvalue weighted by molar-refractivity contribution is -0.117. The number of aromatic nitrogens is 3. The second-order valence-electron chi connectivity index (χ2n) is 10.4. The van der Waals surface area contributed by atoms with E-state index in [2.05, 4.69) is 25.9 Å². The fourth-order valence-corrected chi connectivity index (χ4v) is 6.22. The first-order valence-electron chi connectivity index (χ1n) is 14.0. The van der Waals surface area contributed by atoms with Crippen molar-refractivity contribution in [3.8, 4) is 16.5 Å². The number of carbonyl (C=O) groups is 2. The zero-order valence-electron chi connectivity index (χ0n) is 22.8. The van der Waals surface area contributed by atoms with E-state index < -0.39 is 0 Å². The Bertz CT molecular complexity index is 1620. The highest BCUT2D eigenvalue weighted by Gasteiger charge is 2.30. The van der Waals surface area contributed by atoms with Crippen molar-refractivity contribution in [1.29, 1.82) is 0 Å². The van der Waals surface area contributed by atoms with Gasteiger partial charge in [0.2, 0.25) is 11.8 Å². The summed E-state index contributed by atoms with van der Waals surface area (Å²) < 4.78 is 5.42. The zero-order chi connectivity index (χ0) is 28.3. The number of methoxy groups -OCH3 is 1. The van der Waals surface area contributed by atoms with Crippen LogP contribution in [0, 0.1) is 5.92 Å². The predicted molar refractivity (Wildman–Crippen MR) is 162 cm³/mol. The minimum Gasteiger partial charge on any atom is -0.480 e. The molecule has 11 heteroatoms. The number of anilines is 2. The molecule has 3 aromatic heterocycles. The highest BCUT2D eigenvalue weighted by Crippen LogP contribution is 2.35. The first kappa shape index (κ1) is 27.4. The quantitative estimate of drug-likeness (QED) is 0.198. The summed E-state index contributed by atoms with van der Waals surface area (Å²) in [6.07, 6.45) is 8.50. The number of pyridine rings is 2. The van der Waals surface area contributed by atoms with Gasteiger partial charge in [-0.2, -0.15) is 0 Å². The topological polar surface area (TPSA) is 118 Å². The maximum Gasteiger partial charge on any atom is 0.267 e. The Balaban J connectivity index is 1.08. The Labute approximate surface area is 247 Å². The summed E-state index contributed by atoms with van der Waals surface area (Å²) in [5, 5.41) is 11.9. The summed E-state index contributed by atoms with van der Waals surface area (Å²) in [5.74, 6) is 0.581. The van der Waals surface area contributed by atoms with Gasteiger partial charge in [-0.25, -0.2) is 9.97 Å². The lowest BCUT2D eigenvalue weighted by atomic mass is 9.92. The molecule has 3 N–H and O–H groups in total. The minimum atomic E-state index is -0.233. The van der Waals surface area contributed by atoms with Gasteiger partial charge >= 0.3 is 0 Å². The van der Waals surface area contributed by atoms with E-state index in [1.807, 2.05) is 18.2 Å².